The van der Waals surface area contributed by atoms with E-state index < -0.39 is 0 Å². The number of benzene rings is 2. The maximum absolute atomic E-state index is 13.6. The van der Waals surface area contributed by atoms with Crippen LogP contribution in [0.1, 0.15) is 30.6 Å². The van der Waals surface area contributed by atoms with Gasteiger partial charge in [0.1, 0.15) is 29.9 Å². The molecule has 0 saturated heterocycles. The Morgan fingerprint density at radius 1 is 1.19 bits per heavy atom. The number of rotatable bonds is 8. The number of carbonyl (C=O) groups is 1. The third-order valence-electron chi connectivity index (χ3n) is 5.93. The lowest BCUT2D eigenvalue weighted by Crippen LogP contribution is -2.25. The number of fused-ring (bicyclic) bond motifs is 3. The summed E-state index contributed by atoms with van der Waals surface area (Å²) in [6.07, 6.45) is 3.08. The van der Waals surface area contributed by atoms with Crippen LogP contribution in [0.25, 0.3) is 21.9 Å². The number of nitrogens with zero attached hydrogens (tertiary/aromatic N) is 5. The number of carbonyl (C=O) groups excluding carboxylic acids is 1. The van der Waals surface area contributed by atoms with E-state index in [9.17, 15) is 9.59 Å². The summed E-state index contributed by atoms with van der Waals surface area (Å²) in [5.41, 5.74) is 2.97. The average molecular weight is 487 g/mol. The van der Waals surface area contributed by atoms with Crippen LogP contribution in [0.2, 0.25) is 0 Å². The van der Waals surface area contributed by atoms with Crippen molar-refractivity contribution in [1.29, 1.82) is 0 Å². The molecule has 0 atom stereocenters. The third-order valence-corrected chi connectivity index (χ3v) is 5.93. The van der Waals surface area contributed by atoms with Crippen LogP contribution in [0.15, 0.2) is 58.1 Å². The van der Waals surface area contributed by atoms with Gasteiger partial charge < -0.3 is 19.1 Å². The third kappa shape index (κ3) is 4.45. The lowest BCUT2D eigenvalue weighted by molar-refractivity contribution is -0.116. The van der Waals surface area contributed by atoms with Crippen molar-refractivity contribution in [2.24, 2.45) is 0 Å². The molecule has 0 bridgehead atoms. The second-order valence-electron chi connectivity index (χ2n) is 8.62. The molecule has 1 amide bonds. The van der Waals surface area contributed by atoms with Crippen LogP contribution in [0.3, 0.4) is 0 Å². The number of hydrogen-bond donors (Lipinski definition) is 1. The molecule has 10 nitrogen and oxygen atoms in total. The lowest BCUT2D eigenvalue weighted by atomic mass is 10.1. The lowest BCUT2D eigenvalue weighted by Gasteiger charge is -2.10. The molecule has 3 heterocycles. The highest BCUT2D eigenvalue weighted by atomic mass is 16.5. The van der Waals surface area contributed by atoms with Gasteiger partial charge in [0.25, 0.3) is 5.56 Å². The van der Waals surface area contributed by atoms with Crippen molar-refractivity contribution in [1.82, 2.24) is 24.3 Å². The minimum absolute atomic E-state index is 0.0671. The van der Waals surface area contributed by atoms with Crippen LogP contribution in [-0.2, 0) is 24.3 Å². The van der Waals surface area contributed by atoms with E-state index in [0.717, 1.165) is 22.9 Å². The van der Waals surface area contributed by atoms with Crippen molar-refractivity contribution < 1.29 is 14.1 Å². The molecule has 3 aromatic heterocycles. The highest BCUT2D eigenvalue weighted by Crippen LogP contribution is 2.27. The molecule has 0 spiro atoms. The predicted molar refractivity (Wildman–Crippen MR) is 135 cm³/mol. The van der Waals surface area contributed by atoms with Crippen LogP contribution in [-0.4, -0.2) is 37.3 Å². The van der Waals surface area contributed by atoms with Gasteiger partial charge in [0.15, 0.2) is 5.82 Å². The number of aryl methyl sites for hydroxylation is 2. The van der Waals surface area contributed by atoms with E-state index in [0.29, 0.717) is 40.6 Å². The van der Waals surface area contributed by atoms with Gasteiger partial charge in [0, 0.05) is 23.6 Å². The number of anilines is 1. The Morgan fingerprint density at radius 2 is 2.06 bits per heavy atom. The molecule has 2 aromatic carbocycles. The molecule has 36 heavy (non-hydrogen) atoms. The summed E-state index contributed by atoms with van der Waals surface area (Å²) < 4.78 is 13.7. The summed E-state index contributed by atoms with van der Waals surface area (Å²) >= 11 is 0. The number of nitrogens with one attached hydrogen (secondary N) is 1. The van der Waals surface area contributed by atoms with E-state index in [1.54, 1.807) is 35.9 Å². The summed E-state index contributed by atoms with van der Waals surface area (Å²) in [5, 5.41) is 7.65. The summed E-state index contributed by atoms with van der Waals surface area (Å²) in [7, 11) is 1.57. The van der Waals surface area contributed by atoms with Gasteiger partial charge in [-0.15, -0.1) is 0 Å². The van der Waals surface area contributed by atoms with E-state index in [-0.39, 0.29) is 24.6 Å². The Bertz CT molecular complexity index is 1630. The molecule has 0 radical (unpaired) electrons. The number of hydrogen-bond acceptors (Lipinski definition) is 7. The fourth-order valence-corrected chi connectivity index (χ4v) is 4.26. The summed E-state index contributed by atoms with van der Waals surface area (Å²) in [5.74, 6) is 1.29. The van der Waals surface area contributed by atoms with E-state index in [2.05, 4.69) is 20.4 Å². The monoisotopic (exact) mass is 486 g/mol. The van der Waals surface area contributed by atoms with Gasteiger partial charge in [-0.1, -0.05) is 29.8 Å². The number of ether oxygens (including phenoxy) is 1. The highest BCUT2D eigenvalue weighted by molar-refractivity contribution is 6.06. The first-order valence-electron chi connectivity index (χ1n) is 11.7. The van der Waals surface area contributed by atoms with Crippen molar-refractivity contribution in [3.05, 3.63) is 76.4 Å². The molecule has 0 unspecified atom stereocenters. The van der Waals surface area contributed by atoms with Gasteiger partial charge in [-0.3, -0.25) is 14.2 Å². The summed E-state index contributed by atoms with van der Waals surface area (Å²) in [6.45, 7) is 4.03. The van der Waals surface area contributed by atoms with Gasteiger partial charge in [-0.25, -0.2) is 4.98 Å². The standard InChI is InChI=1S/C26H26N6O4/c1-4-6-21-29-23(36-30-21)14-31-15-27-24-19-11-16(2)9-10-20(19)32(25(24)26(31)34)13-22(33)28-17-7-5-8-18(12-17)35-3/h5,7-12,15H,4,6,13-14H2,1-3H3,(H,28,33). The molecule has 184 valence electrons. The van der Waals surface area contributed by atoms with Crippen LogP contribution >= 0.6 is 0 Å². The molecule has 0 aliphatic carbocycles. The van der Waals surface area contributed by atoms with Crippen molar-refractivity contribution in [3.8, 4) is 5.75 Å². The zero-order valence-corrected chi connectivity index (χ0v) is 20.3. The van der Waals surface area contributed by atoms with E-state index >= 15 is 0 Å². The number of methoxy groups -OCH3 is 1. The first kappa shape index (κ1) is 23.3. The first-order valence-corrected chi connectivity index (χ1v) is 11.7. The molecule has 5 aromatic rings. The van der Waals surface area contributed by atoms with Crippen LogP contribution in [0.5, 0.6) is 5.75 Å². The minimum Gasteiger partial charge on any atom is -0.497 e. The van der Waals surface area contributed by atoms with E-state index in [4.69, 9.17) is 9.26 Å². The number of aromatic nitrogens is 5. The van der Waals surface area contributed by atoms with Crippen molar-refractivity contribution in [2.75, 3.05) is 12.4 Å². The van der Waals surface area contributed by atoms with Crippen LogP contribution < -0.4 is 15.6 Å². The Morgan fingerprint density at radius 3 is 2.86 bits per heavy atom. The van der Waals surface area contributed by atoms with Crippen molar-refractivity contribution >= 4 is 33.5 Å². The largest absolute Gasteiger partial charge is 0.497 e. The minimum atomic E-state index is -0.293. The predicted octanol–water partition coefficient (Wildman–Crippen LogP) is 3.69. The SMILES string of the molecule is CCCc1noc(Cn2cnc3c4cc(C)ccc4n(CC(=O)Nc4cccc(OC)c4)c3c2=O)n1. The number of amides is 1. The Kier molecular flexibility index (Phi) is 6.24. The Balaban J connectivity index is 1.55. The zero-order valence-electron chi connectivity index (χ0n) is 20.3. The highest BCUT2D eigenvalue weighted by Gasteiger charge is 2.19. The van der Waals surface area contributed by atoms with Crippen molar-refractivity contribution in [2.45, 2.75) is 39.8 Å². The molecule has 5 rings (SSSR count). The topological polar surface area (TPSA) is 117 Å². The van der Waals surface area contributed by atoms with E-state index in [1.807, 2.05) is 32.0 Å². The van der Waals surface area contributed by atoms with E-state index in [1.165, 1.54) is 10.9 Å². The Hall–Kier alpha value is -4.47. The van der Waals surface area contributed by atoms with Crippen LogP contribution in [0, 0.1) is 6.92 Å². The first-order chi connectivity index (χ1) is 17.5. The quantitative estimate of drug-likeness (QED) is 0.355. The molecule has 0 fully saturated rings. The van der Waals surface area contributed by atoms with Gasteiger partial charge >= 0.3 is 0 Å². The molecule has 0 aliphatic heterocycles. The maximum atomic E-state index is 13.6. The van der Waals surface area contributed by atoms with Crippen molar-refractivity contribution in [3.63, 3.8) is 0 Å². The average Bonchev–Trinajstić information content (AvgIpc) is 3.43. The molecular weight excluding hydrogens is 460 g/mol. The van der Waals surface area contributed by atoms with Crippen LogP contribution in [0.4, 0.5) is 5.69 Å². The fraction of sp³-hybridized carbons (Fsp3) is 0.269. The van der Waals surface area contributed by atoms with Gasteiger partial charge in [-0.05, 0) is 37.6 Å². The maximum Gasteiger partial charge on any atom is 0.278 e. The second kappa shape index (κ2) is 9.65. The molecule has 0 saturated carbocycles. The molecule has 1 N–H and O–H groups in total. The normalized spacial score (nSPS) is 11.3. The van der Waals surface area contributed by atoms with Gasteiger partial charge in [-0.2, -0.15) is 4.98 Å². The molecule has 0 aliphatic rings. The van der Waals surface area contributed by atoms with Gasteiger partial charge in [0.05, 0.1) is 19.0 Å². The molecular formula is C26H26N6O4. The Labute approximate surface area is 206 Å². The molecule has 10 heteroatoms. The summed E-state index contributed by atoms with van der Waals surface area (Å²) in [6, 6.07) is 12.9. The summed E-state index contributed by atoms with van der Waals surface area (Å²) in [4.78, 5) is 35.6. The fourth-order valence-electron chi connectivity index (χ4n) is 4.26. The second-order valence-corrected chi connectivity index (χ2v) is 8.62. The zero-order chi connectivity index (χ0) is 25.2. The smallest absolute Gasteiger partial charge is 0.278 e. The van der Waals surface area contributed by atoms with Gasteiger partial charge in [0.2, 0.25) is 11.8 Å².